The van der Waals surface area contributed by atoms with E-state index in [2.05, 4.69) is 273 Å². The lowest BCUT2D eigenvalue weighted by molar-refractivity contribution is 1.07. The second-order valence-electron chi connectivity index (χ2n) is 29.0. The third-order valence-electron chi connectivity index (χ3n) is 21.2. The second-order valence-corrected chi connectivity index (χ2v) is 29.0. The monoisotopic (exact) mass is 1530 g/mol. The summed E-state index contributed by atoms with van der Waals surface area (Å²) in [5.41, 5.74) is 28.3. The molecule has 4 heterocycles. The SMILES string of the molecule is c1ccc(-c2cccc(-c3ccccc3-c3nc(-c4ccccc4)cc(-c4cccc(-c5ccc(-c6nc(-c7ccccc7)nc(-c7ccccc7)n6)cc5)c4)n3)c2)cc1.c1ccc(-c2cccc(-c3ccccc3-c3nc(-c4ccccc4)nc(-c4ccc(-c5cccc(-c6cc(-c7ccccc7)nc(-c7ccccc7)n6)c5)cc4)n3)c2)cc1. The fourth-order valence-electron chi connectivity index (χ4n) is 15.0. The molecule has 10 heteroatoms. The number of rotatable bonds is 18. The van der Waals surface area contributed by atoms with Gasteiger partial charge in [-0.25, -0.2) is 49.8 Å². The molecule has 0 saturated heterocycles. The molecule has 0 aliphatic carbocycles. The average molecular weight is 1540 g/mol. The zero-order valence-corrected chi connectivity index (χ0v) is 65.2. The summed E-state index contributed by atoms with van der Waals surface area (Å²) in [7, 11) is 0. The highest BCUT2D eigenvalue weighted by molar-refractivity contribution is 5.88. The lowest BCUT2D eigenvalue weighted by Crippen LogP contribution is -2.01. The molecule has 16 aromatic carbocycles. The first-order valence-electron chi connectivity index (χ1n) is 40.0. The third-order valence-corrected chi connectivity index (χ3v) is 21.2. The molecule has 0 aliphatic heterocycles. The number of benzene rings is 16. The van der Waals surface area contributed by atoms with E-state index >= 15 is 0 Å². The molecule has 0 bridgehead atoms. The molecule has 20 aromatic rings. The Morgan fingerprint density at radius 3 is 0.575 bits per heavy atom. The predicted octanol–water partition coefficient (Wildman–Crippen LogP) is 27.3. The molecule has 0 amide bonds. The minimum atomic E-state index is 0.606. The molecule has 0 radical (unpaired) electrons. The zero-order chi connectivity index (χ0) is 80.2. The Kier molecular flexibility index (Phi) is 21.2. The van der Waals surface area contributed by atoms with Crippen LogP contribution in [-0.4, -0.2) is 49.8 Å². The summed E-state index contributed by atoms with van der Waals surface area (Å²) in [5, 5.41) is 0. The highest BCUT2D eigenvalue weighted by atomic mass is 15.0. The Bertz CT molecular complexity index is 6850. The Labute approximate surface area is 697 Å². The van der Waals surface area contributed by atoms with Gasteiger partial charge in [0.15, 0.2) is 46.6 Å². The molecule has 0 fully saturated rings. The molecule has 0 spiro atoms. The van der Waals surface area contributed by atoms with Crippen LogP contribution in [0.15, 0.2) is 449 Å². The summed E-state index contributed by atoms with van der Waals surface area (Å²) in [6.07, 6.45) is 0. The summed E-state index contributed by atoms with van der Waals surface area (Å²) >= 11 is 0. The Morgan fingerprint density at radius 1 is 0.0917 bits per heavy atom. The van der Waals surface area contributed by atoms with Crippen molar-refractivity contribution in [2.45, 2.75) is 0 Å². The number of hydrogen-bond donors (Lipinski definition) is 0. The summed E-state index contributed by atoms with van der Waals surface area (Å²) in [5.74, 6) is 5.10. The van der Waals surface area contributed by atoms with E-state index in [-0.39, 0.29) is 0 Å². The van der Waals surface area contributed by atoms with E-state index in [9.17, 15) is 0 Å². The van der Waals surface area contributed by atoms with E-state index in [1.54, 1.807) is 0 Å². The fraction of sp³-hybridized carbons (Fsp3) is 0. The van der Waals surface area contributed by atoms with Crippen molar-refractivity contribution in [2.75, 3.05) is 0 Å². The Morgan fingerprint density at radius 2 is 0.267 bits per heavy atom. The van der Waals surface area contributed by atoms with Crippen LogP contribution in [0.2, 0.25) is 0 Å². The van der Waals surface area contributed by atoms with Gasteiger partial charge in [-0.15, -0.1) is 0 Å². The van der Waals surface area contributed by atoms with Gasteiger partial charge >= 0.3 is 0 Å². The average Bonchev–Trinajstić information content (AvgIpc) is 0.782. The van der Waals surface area contributed by atoms with Gasteiger partial charge in [-0.2, -0.15) is 0 Å². The third kappa shape index (κ3) is 16.5. The minimum absolute atomic E-state index is 0.606. The van der Waals surface area contributed by atoms with E-state index in [4.69, 9.17) is 49.8 Å². The van der Waals surface area contributed by atoms with Crippen molar-refractivity contribution in [3.8, 4) is 203 Å². The quantitative estimate of drug-likeness (QED) is 0.0819. The van der Waals surface area contributed by atoms with E-state index in [1.165, 1.54) is 11.1 Å². The molecule has 0 unspecified atom stereocenters. The lowest BCUT2D eigenvalue weighted by Gasteiger charge is -2.14. The van der Waals surface area contributed by atoms with Crippen LogP contribution in [0.1, 0.15) is 0 Å². The number of nitrogens with zero attached hydrogens (tertiary/aromatic N) is 10. The summed E-state index contributed by atoms with van der Waals surface area (Å²) in [6, 6.07) is 154. The highest BCUT2D eigenvalue weighted by Crippen LogP contribution is 2.40. The van der Waals surface area contributed by atoms with Gasteiger partial charge in [-0.1, -0.05) is 413 Å². The van der Waals surface area contributed by atoms with Crippen molar-refractivity contribution in [1.29, 1.82) is 0 Å². The smallest absolute Gasteiger partial charge is 0.164 e. The van der Waals surface area contributed by atoms with Crippen LogP contribution in [0.3, 0.4) is 0 Å². The van der Waals surface area contributed by atoms with E-state index < -0.39 is 0 Å². The van der Waals surface area contributed by atoms with Crippen LogP contribution in [0.4, 0.5) is 0 Å². The Balaban J connectivity index is 0.000000159. The van der Waals surface area contributed by atoms with E-state index in [1.807, 2.05) is 176 Å². The number of hydrogen-bond acceptors (Lipinski definition) is 10. The summed E-state index contributed by atoms with van der Waals surface area (Å²) < 4.78 is 0. The maximum absolute atomic E-state index is 5.29. The predicted molar refractivity (Wildman–Crippen MR) is 489 cm³/mol. The molecule has 0 atom stereocenters. The van der Waals surface area contributed by atoms with E-state index in [0.717, 1.165) is 145 Å². The van der Waals surface area contributed by atoms with Gasteiger partial charge in [0.05, 0.1) is 22.8 Å². The maximum Gasteiger partial charge on any atom is 0.164 e. The van der Waals surface area contributed by atoms with Gasteiger partial charge < -0.3 is 0 Å². The molecule has 10 nitrogen and oxygen atoms in total. The highest BCUT2D eigenvalue weighted by Gasteiger charge is 2.21. The topological polar surface area (TPSA) is 129 Å². The zero-order valence-electron chi connectivity index (χ0n) is 65.2. The lowest BCUT2D eigenvalue weighted by atomic mass is 9.95. The molecular formula is C110H74N10. The van der Waals surface area contributed by atoms with E-state index in [0.29, 0.717) is 46.6 Å². The van der Waals surface area contributed by atoms with Gasteiger partial charge in [0.1, 0.15) is 0 Å². The first kappa shape index (κ1) is 73.8. The molecular weight excluding hydrogens is 1460 g/mol. The first-order valence-corrected chi connectivity index (χ1v) is 40.0. The number of aromatic nitrogens is 10. The van der Waals surface area contributed by atoms with Crippen LogP contribution in [0.25, 0.3) is 203 Å². The van der Waals surface area contributed by atoms with Gasteiger partial charge in [0.2, 0.25) is 0 Å². The standard InChI is InChI=1S/2C55H37N5/c1-5-17-38(18-6-1)44-25-15-27-46(35-44)48-29-13-14-30-49(48)55-56-50(40-19-7-2-8-20-40)37-51(57-55)47-28-16-26-45(36-47)39-31-33-43(34-32-39)54-59-52(41-21-9-3-10-22-41)58-53(60-54)42-23-11-4-12-24-42;1-5-17-38(18-6-1)44-25-15-27-46(35-44)48-29-13-14-30-49(48)55-59-53(42-23-11-4-12-24-42)58-54(60-55)43-33-31-39(32-34-43)45-26-16-28-47(36-45)51-37-50(40-19-7-2-8-20-40)56-52(57-51)41-21-9-3-10-22-41/h2*1-37H. The maximum atomic E-state index is 5.29. The van der Waals surface area contributed by atoms with Crippen LogP contribution in [-0.2, 0) is 0 Å². The van der Waals surface area contributed by atoms with Crippen molar-refractivity contribution in [1.82, 2.24) is 49.8 Å². The Hall–Kier alpha value is -16.3. The fourth-order valence-corrected chi connectivity index (χ4v) is 15.0. The molecule has 0 N–H and O–H groups in total. The van der Waals surface area contributed by atoms with Gasteiger partial charge in [-0.05, 0) is 103 Å². The molecule has 4 aromatic heterocycles. The van der Waals surface area contributed by atoms with Gasteiger partial charge in [0, 0.05) is 66.8 Å². The van der Waals surface area contributed by atoms with Crippen molar-refractivity contribution in [3.05, 3.63) is 449 Å². The molecule has 20 rings (SSSR count). The molecule has 564 valence electrons. The molecule has 0 aliphatic rings. The van der Waals surface area contributed by atoms with Crippen LogP contribution in [0.5, 0.6) is 0 Å². The van der Waals surface area contributed by atoms with Crippen molar-refractivity contribution in [3.63, 3.8) is 0 Å². The van der Waals surface area contributed by atoms with Crippen LogP contribution < -0.4 is 0 Å². The molecule has 120 heavy (non-hydrogen) atoms. The van der Waals surface area contributed by atoms with Crippen molar-refractivity contribution >= 4 is 0 Å². The van der Waals surface area contributed by atoms with Gasteiger partial charge in [-0.3, -0.25) is 0 Å². The summed E-state index contributed by atoms with van der Waals surface area (Å²) in [6.45, 7) is 0. The summed E-state index contributed by atoms with van der Waals surface area (Å²) in [4.78, 5) is 50.5. The van der Waals surface area contributed by atoms with Gasteiger partial charge in [0.25, 0.3) is 0 Å². The second kappa shape index (κ2) is 34.4. The minimum Gasteiger partial charge on any atom is -0.228 e. The van der Waals surface area contributed by atoms with Crippen molar-refractivity contribution in [2.24, 2.45) is 0 Å². The normalized spacial score (nSPS) is 11.0. The first-order chi connectivity index (χ1) is 59.4. The largest absolute Gasteiger partial charge is 0.228 e. The van der Waals surface area contributed by atoms with Crippen molar-refractivity contribution < 1.29 is 0 Å². The van der Waals surface area contributed by atoms with Crippen LogP contribution >= 0.6 is 0 Å². The van der Waals surface area contributed by atoms with Crippen LogP contribution in [0, 0.1) is 0 Å². The molecule has 0 saturated carbocycles.